The summed E-state index contributed by atoms with van der Waals surface area (Å²) in [7, 11) is -9.18. The number of unbranched alkanes of at least 4 members (excludes halogenated alkanes) is 2. The maximum Gasteiger partial charge on any atom is 0.485 e. The van der Waals surface area contributed by atoms with Crippen LogP contribution in [0.25, 0.3) is 0 Å². The van der Waals surface area contributed by atoms with E-state index >= 15 is 0 Å². The second-order valence-electron chi connectivity index (χ2n) is 5.85. The van der Waals surface area contributed by atoms with Crippen molar-refractivity contribution in [2.24, 2.45) is 0 Å². The fourth-order valence-corrected chi connectivity index (χ4v) is 15.4. The van der Waals surface area contributed by atoms with Gasteiger partial charge in [0.1, 0.15) is 0 Å². The van der Waals surface area contributed by atoms with E-state index in [0.29, 0.717) is 31.3 Å². The SMILES string of the molecule is CCCCO[Si]1(CC)O[Si](O)(CC)O[Si](CC)(OCCCC)O1. The molecule has 23 heavy (non-hydrogen) atoms. The zero-order chi connectivity index (χ0) is 17.4. The Bertz CT molecular complexity index is 322. The van der Waals surface area contributed by atoms with Crippen LogP contribution in [0.1, 0.15) is 60.3 Å². The lowest BCUT2D eigenvalue weighted by atomic mass is 10.4. The summed E-state index contributed by atoms with van der Waals surface area (Å²) < 4.78 is 30.4. The summed E-state index contributed by atoms with van der Waals surface area (Å²) in [6.45, 7) is 11.3. The van der Waals surface area contributed by atoms with Gasteiger partial charge in [-0.1, -0.05) is 47.5 Å². The molecule has 0 amide bonds. The number of hydrogen-bond donors (Lipinski definition) is 1. The van der Waals surface area contributed by atoms with Crippen molar-refractivity contribution in [3.8, 4) is 0 Å². The van der Waals surface area contributed by atoms with E-state index in [1.54, 1.807) is 0 Å². The van der Waals surface area contributed by atoms with Crippen LogP contribution in [0, 0.1) is 0 Å². The van der Waals surface area contributed by atoms with Gasteiger partial charge in [-0.25, -0.2) is 0 Å². The molecule has 1 heterocycles. The van der Waals surface area contributed by atoms with Crippen molar-refractivity contribution in [2.75, 3.05) is 13.2 Å². The van der Waals surface area contributed by atoms with Gasteiger partial charge >= 0.3 is 26.4 Å². The monoisotopic (exact) mass is 382 g/mol. The topological polar surface area (TPSA) is 66.4 Å². The quantitative estimate of drug-likeness (QED) is 0.435. The number of hydrogen-bond acceptors (Lipinski definition) is 6. The third-order valence-corrected chi connectivity index (χ3v) is 15.3. The Hall–Kier alpha value is 0.411. The average Bonchev–Trinajstić information content (AvgIpc) is 2.55. The van der Waals surface area contributed by atoms with Crippen molar-refractivity contribution < 1.29 is 26.0 Å². The van der Waals surface area contributed by atoms with Gasteiger partial charge in [0.25, 0.3) is 0 Å². The summed E-state index contributed by atoms with van der Waals surface area (Å²) in [5.74, 6) is 0. The van der Waals surface area contributed by atoms with Crippen LogP contribution < -0.4 is 0 Å². The molecule has 0 aliphatic carbocycles. The summed E-state index contributed by atoms with van der Waals surface area (Å²) in [6, 6.07) is 1.71. The second-order valence-corrected chi connectivity index (χ2v) is 15.2. The van der Waals surface area contributed by atoms with E-state index in [9.17, 15) is 4.80 Å². The van der Waals surface area contributed by atoms with Gasteiger partial charge < -0.3 is 26.0 Å². The molecule has 1 aliphatic rings. The molecule has 1 saturated heterocycles. The van der Waals surface area contributed by atoms with E-state index in [-0.39, 0.29) is 0 Å². The van der Waals surface area contributed by atoms with E-state index in [1.165, 1.54) is 0 Å². The van der Waals surface area contributed by atoms with E-state index < -0.39 is 26.4 Å². The Labute approximate surface area is 144 Å². The second kappa shape index (κ2) is 9.78. The third kappa shape index (κ3) is 6.01. The lowest BCUT2D eigenvalue weighted by molar-refractivity contribution is 0.0272. The molecule has 2 unspecified atom stereocenters. The van der Waals surface area contributed by atoms with Gasteiger partial charge in [-0.3, -0.25) is 0 Å². The fraction of sp³-hybridized carbons (Fsp3) is 1.00. The molecule has 0 bridgehead atoms. The molecule has 2 atom stereocenters. The van der Waals surface area contributed by atoms with E-state index in [0.717, 1.165) is 25.7 Å². The van der Waals surface area contributed by atoms with Crippen LogP contribution in [0.15, 0.2) is 0 Å². The molecular weight excluding hydrogens is 348 g/mol. The first-order chi connectivity index (χ1) is 10.9. The summed E-state index contributed by atoms with van der Waals surface area (Å²) >= 11 is 0. The largest absolute Gasteiger partial charge is 0.485 e. The molecule has 0 saturated carbocycles. The first kappa shape index (κ1) is 21.5. The van der Waals surface area contributed by atoms with Crippen molar-refractivity contribution in [1.29, 1.82) is 0 Å². The van der Waals surface area contributed by atoms with Gasteiger partial charge in [-0.05, 0) is 12.8 Å². The zero-order valence-electron chi connectivity index (χ0n) is 15.4. The molecule has 138 valence electrons. The van der Waals surface area contributed by atoms with Crippen molar-refractivity contribution in [3.05, 3.63) is 0 Å². The van der Waals surface area contributed by atoms with Crippen LogP contribution in [0.4, 0.5) is 0 Å². The van der Waals surface area contributed by atoms with Gasteiger partial charge in [-0.2, -0.15) is 0 Å². The molecule has 0 aromatic carbocycles. The van der Waals surface area contributed by atoms with E-state index in [2.05, 4.69) is 13.8 Å². The lowest BCUT2D eigenvalue weighted by Crippen LogP contribution is -2.72. The predicted octanol–water partition coefficient (Wildman–Crippen LogP) is 3.55. The average molecular weight is 383 g/mol. The first-order valence-corrected chi connectivity index (χ1v) is 14.9. The fourth-order valence-electron chi connectivity index (χ4n) is 2.28. The predicted molar refractivity (Wildman–Crippen MR) is 95.9 cm³/mol. The Morgan fingerprint density at radius 1 is 0.696 bits per heavy atom. The van der Waals surface area contributed by atoms with Crippen molar-refractivity contribution in [3.63, 3.8) is 0 Å². The maximum atomic E-state index is 10.9. The van der Waals surface area contributed by atoms with Gasteiger partial charge in [0.2, 0.25) is 0 Å². The Balaban J connectivity index is 2.96. The highest BCUT2D eigenvalue weighted by Gasteiger charge is 2.64. The zero-order valence-corrected chi connectivity index (χ0v) is 18.4. The van der Waals surface area contributed by atoms with Gasteiger partial charge in [0.05, 0.1) is 0 Å². The summed E-state index contributed by atoms with van der Waals surface area (Å²) in [4.78, 5) is 10.9. The lowest BCUT2D eigenvalue weighted by Gasteiger charge is -2.47. The highest BCUT2D eigenvalue weighted by Crippen LogP contribution is 2.36. The Morgan fingerprint density at radius 3 is 1.43 bits per heavy atom. The minimum absolute atomic E-state index is 0.453. The highest BCUT2D eigenvalue weighted by atomic mass is 28.5. The van der Waals surface area contributed by atoms with Crippen LogP contribution in [0.3, 0.4) is 0 Å². The molecule has 0 aromatic heterocycles. The van der Waals surface area contributed by atoms with Gasteiger partial charge in [0, 0.05) is 31.3 Å². The molecule has 0 aromatic rings. The number of rotatable bonds is 11. The Kier molecular flexibility index (Phi) is 9.12. The maximum absolute atomic E-state index is 10.9. The van der Waals surface area contributed by atoms with Crippen LogP contribution in [-0.2, 0) is 21.2 Å². The molecule has 1 N–H and O–H groups in total. The van der Waals surface area contributed by atoms with Crippen molar-refractivity contribution >= 4 is 26.4 Å². The summed E-state index contributed by atoms with van der Waals surface area (Å²) in [5.41, 5.74) is 0. The molecule has 1 rings (SSSR count). The smallest absolute Gasteiger partial charge is 0.391 e. The summed E-state index contributed by atoms with van der Waals surface area (Å²) in [6.07, 6.45) is 3.99. The van der Waals surface area contributed by atoms with Gasteiger partial charge in [-0.15, -0.1) is 0 Å². The molecule has 6 nitrogen and oxygen atoms in total. The first-order valence-electron chi connectivity index (χ1n) is 9.03. The molecule has 0 spiro atoms. The highest BCUT2D eigenvalue weighted by molar-refractivity contribution is 6.88. The molecular formula is C14H34O6Si3. The van der Waals surface area contributed by atoms with Crippen LogP contribution >= 0.6 is 0 Å². The van der Waals surface area contributed by atoms with Crippen LogP contribution in [0.2, 0.25) is 18.1 Å². The van der Waals surface area contributed by atoms with Crippen LogP contribution in [-0.4, -0.2) is 44.4 Å². The minimum Gasteiger partial charge on any atom is -0.391 e. The third-order valence-electron chi connectivity index (χ3n) is 3.89. The van der Waals surface area contributed by atoms with Gasteiger partial charge in [0.15, 0.2) is 0 Å². The molecule has 1 fully saturated rings. The van der Waals surface area contributed by atoms with Crippen molar-refractivity contribution in [2.45, 2.75) is 78.4 Å². The standard InChI is InChI=1S/C14H34O6Si3/c1-6-11-13-16-22(9-4)18-21(15,8-3)19-23(10-5,20-22)17-14-12-7-2/h15H,6-14H2,1-5H3. The molecule has 1 aliphatic heterocycles. The van der Waals surface area contributed by atoms with Crippen LogP contribution in [0.5, 0.6) is 0 Å². The Morgan fingerprint density at radius 2 is 1.13 bits per heavy atom. The summed E-state index contributed by atoms with van der Waals surface area (Å²) in [5, 5.41) is 0. The normalized spacial score (nSPS) is 34.7. The van der Waals surface area contributed by atoms with E-state index in [1.807, 2.05) is 20.8 Å². The molecule has 0 radical (unpaired) electrons. The van der Waals surface area contributed by atoms with E-state index in [4.69, 9.17) is 21.2 Å². The molecule has 9 heteroatoms. The van der Waals surface area contributed by atoms with Crippen molar-refractivity contribution in [1.82, 2.24) is 0 Å². The minimum atomic E-state index is -3.30.